The quantitative estimate of drug-likeness (QED) is 0.861. The lowest BCUT2D eigenvalue weighted by Gasteiger charge is -2.19. The molecule has 1 aliphatic rings. The molecule has 2 N–H and O–H groups in total. The number of oxazole rings is 1. The summed E-state index contributed by atoms with van der Waals surface area (Å²) in [5, 5.41) is 0. The number of hydrogen-bond donors (Lipinski definition) is 1. The number of nitrogens with zero attached hydrogens (tertiary/aromatic N) is 3. The molecular weight excluding hydrogens is 252 g/mol. The van der Waals surface area contributed by atoms with Crippen LogP contribution in [0.25, 0.3) is 11.1 Å². The fourth-order valence-corrected chi connectivity index (χ4v) is 2.97. The molecule has 1 aliphatic heterocycles. The van der Waals surface area contributed by atoms with Crippen molar-refractivity contribution < 1.29 is 4.42 Å². The van der Waals surface area contributed by atoms with Crippen molar-refractivity contribution in [2.45, 2.75) is 13.0 Å². The van der Waals surface area contributed by atoms with Gasteiger partial charge >= 0.3 is 0 Å². The molecule has 1 atom stereocenters. The highest BCUT2D eigenvalue weighted by atomic mass is 16.3. The molecule has 1 fully saturated rings. The SMILES string of the molecule is CN1CCC(CN(C)Cc2nc3ccc(N)cc3o2)C1. The second-order valence-electron chi connectivity index (χ2n) is 5.95. The number of fused-ring (bicyclic) bond motifs is 1. The molecule has 2 heterocycles. The Morgan fingerprint density at radius 3 is 3.10 bits per heavy atom. The highest BCUT2D eigenvalue weighted by Gasteiger charge is 2.21. The summed E-state index contributed by atoms with van der Waals surface area (Å²) < 4.78 is 5.76. The summed E-state index contributed by atoms with van der Waals surface area (Å²) in [6, 6.07) is 5.59. The zero-order valence-electron chi connectivity index (χ0n) is 12.2. The van der Waals surface area contributed by atoms with Crippen molar-refractivity contribution in [1.29, 1.82) is 0 Å². The summed E-state index contributed by atoms with van der Waals surface area (Å²) in [5.41, 5.74) is 8.11. The van der Waals surface area contributed by atoms with Crippen molar-refractivity contribution in [2.24, 2.45) is 5.92 Å². The van der Waals surface area contributed by atoms with Gasteiger partial charge in [-0.3, -0.25) is 4.90 Å². The van der Waals surface area contributed by atoms with Gasteiger partial charge in [0.05, 0.1) is 6.54 Å². The standard InChI is InChI=1S/C15H22N4O/c1-18-6-5-11(8-18)9-19(2)10-15-17-13-4-3-12(16)7-14(13)20-15/h3-4,7,11H,5-6,8-10,16H2,1-2H3. The Morgan fingerprint density at radius 2 is 2.35 bits per heavy atom. The molecule has 0 radical (unpaired) electrons. The molecule has 1 saturated heterocycles. The minimum Gasteiger partial charge on any atom is -0.439 e. The van der Waals surface area contributed by atoms with Crippen molar-refractivity contribution in [2.75, 3.05) is 39.5 Å². The molecule has 1 unspecified atom stereocenters. The molecule has 108 valence electrons. The maximum atomic E-state index is 5.76. The van der Waals surface area contributed by atoms with Gasteiger partial charge in [0.1, 0.15) is 5.52 Å². The molecular formula is C15H22N4O. The Morgan fingerprint density at radius 1 is 1.50 bits per heavy atom. The first-order chi connectivity index (χ1) is 9.60. The van der Waals surface area contributed by atoms with Crippen LogP contribution in [0.1, 0.15) is 12.3 Å². The summed E-state index contributed by atoms with van der Waals surface area (Å²) in [6.45, 7) is 4.23. The topological polar surface area (TPSA) is 58.5 Å². The minimum atomic E-state index is 0.711. The summed E-state index contributed by atoms with van der Waals surface area (Å²) in [5.74, 6) is 1.52. The third-order valence-corrected chi connectivity index (χ3v) is 3.92. The van der Waals surface area contributed by atoms with Crippen LogP contribution in [-0.2, 0) is 6.54 Å². The third-order valence-electron chi connectivity index (χ3n) is 3.92. The van der Waals surface area contributed by atoms with Gasteiger partial charge in [0.2, 0.25) is 5.89 Å². The van der Waals surface area contributed by atoms with Gasteiger partial charge in [-0.15, -0.1) is 0 Å². The van der Waals surface area contributed by atoms with Crippen LogP contribution in [0, 0.1) is 5.92 Å². The number of benzene rings is 1. The van der Waals surface area contributed by atoms with E-state index in [1.54, 1.807) is 0 Å². The Bertz CT molecular complexity index is 595. The number of aromatic nitrogens is 1. The van der Waals surface area contributed by atoms with Crippen molar-refractivity contribution in [3.05, 3.63) is 24.1 Å². The van der Waals surface area contributed by atoms with Crippen LogP contribution in [-0.4, -0.2) is 48.5 Å². The first-order valence-corrected chi connectivity index (χ1v) is 7.12. The largest absolute Gasteiger partial charge is 0.439 e. The average Bonchev–Trinajstić information content (AvgIpc) is 2.94. The predicted octanol–water partition coefficient (Wildman–Crippen LogP) is 1.79. The molecule has 1 aromatic heterocycles. The van der Waals surface area contributed by atoms with E-state index in [4.69, 9.17) is 10.2 Å². The maximum absolute atomic E-state index is 5.76. The maximum Gasteiger partial charge on any atom is 0.209 e. The van der Waals surface area contributed by atoms with Crippen LogP contribution in [0.3, 0.4) is 0 Å². The van der Waals surface area contributed by atoms with E-state index in [9.17, 15) is 0 Å². The second kappa shape index (κ2) is 5.42. The number of nitrogen functional groups attached to an aromatic ring is 1. The summed E-state index contributed by atoms with van der Waals surface area (Å²) in [6.07, 6.45) is 1.28. The van der Waals surface area contributed by atoms with Crippen LogP contribution in [0.15, 0.2) is 22.6 Å². The molecule has 3 rings (SSSR count). The summed E-state index contributed by atoms with van der Waals surface area (Å²) in [7, 11) is 4.31. The van der Waals surface area contributed by atoms with Gasteiger partial charge in [0.25, 0.3) is 0 Å². The minimum absolute atomic E-state index is 0.711. The highest BCUT2D eigenvalue weighted by Crippen LogP contribution is 2.20. The molecule has 0 bridgehead atoms. The molecule has 2 aromatic rings. The van der Waals surface area contributed by atoms with Crippen molar-refractivity contribution in [1.82, 2.24) is 14.8 Å². The Balaban J connectivity index is 1.63. The van der Waals surface area contributed by atoms with E-state index in [0.29, 0.717) is 5.69 Å². The van der Waals surface area contributed by atoms with E-state index in [0.717, 1.165) is 36.0 Å². The zero-order valence-corrected chi connectivity index (χ0v) is 12.2. The van der Waals surface area contributed by atoms with E-state index in [1.807, 2.05) is 18.2 Å². The van der Waals surface area contributed by atoms with Gasteiger partial charge in [-0.1, -0.05) is 0 Å². The predicted molar refractivity (Wildman–Crippen MR) is 80.4 cm³/mol. The molecule has 0 amide bonds. The van der Waals surface area contributed by atoms with E-state index < -0.39 is 0 Å². The zero-order chi connectivity index (χ0) is 14.1. The van der Waals surface area contributed by atoms with Crippen LogP contribution >= 0.6 is 0 Å². The number of nitrogens with two attached hydrogens (primary N) is 1. The molecule has 1 aromatic carbocycles. The monoisotopic (exact) mass is 274 g/mol. The Kier molecular flexibility index (Phi) is 3.63. The van der Waals surface area contributed by atoms with Gasteiger partial charge in [-0.2, -0.15) is 0 Å². The van der Waals surface area contributed by atoms with E-state index in [-0.39, 0.29) is 0 Å². The molecule has 0 spiro atoms. The summed E-state index contributed by atoms with van der Waals surface area (Å²) in [4.78, 5) is 9.19. The van der Waals surface area contributed by atoms with Gasteiger partial charge in [-0.25, -0.2) is 4.98 Å². The first kappa shape index (κ1) is 13.4. The van der Waals surface area contributed by atoms with Gasteiger partial charge in [0.15, 0.2) is 5.58 Å². The van der Waals surface area contributed by atoms with E-state index in [2.05, 4.69) is 28.9 Å². The van der Waals surface area contributed by atoms with E-state index in [1.165, 1.54) is 19.5 Å². The number of rotatable bonds is 4. The van der Waals surface area contributed by atoms with Crippen LogP contribution in [0.5, 0.6) is 0 Å². The van der Waals surface area contributed by atoms with Gasteiger partial charge in [-0.05, 0) is 45.1 Å². The Labute approximate surface area is 119 Å². The normalized spacial score (nSPS) is 20.2. The van der Waals surface area contributed by atoms with Crippen molar-refractivity contribution in [3.8, 4) is 0 Å². The Hall–Kier alpha value is -1.59. The van der Waals surface area contributed by atoms with Crippen molar-refractivity contribution in [3.63, 3.8) is 0 Å². The van der Waals surface area contributed by atoms with Crippen LogP contribution in [0.4, 0.5) is 5.69 Å². The number of likely N-dealkylation sites (tertiary alicyclic amines) is 1. The lowest BCUT2D eigenvalue weighted by molar-refractivity contribution is 0.247. The van der Waals surface area contributed by atoms with Crippen LogP contribution in [0.2, 0.25) is 0 Å². The highest BCUT2D eigenvalue weighted by molar-refractivity contribution is 5.76. The molecule has 5 nitrogen and oxygen atoms in total. The second-order valence-corrected chi connectivity index (χ2v) is 5.95. The third kappa shape index (κ3) is 2.94. The van der Waals surface area contributed by atoms with E-state index >= 15 is 0 Å². The molecule has 0 aliphatic carbocycles. The smallest absolute Gasteiger partial charge is 0.209 e. The van der Waals surface area contributed by atoms with Crippen molar-refractivity contribution >= 4 is 16.8 Å². The number of anilines is 1. The van der Waals surface area contributed by atoms with Crippen LogP contribution < -0.4 is 5.73 Å². The lowest BCUT2D eigenvalue weighted by Crippen LogP contribution is -2.27. The fourth-order valence-electron chi connectivity index (χ4n) is 2.97. The van der Waals surface area contributed by atoms with Gasteiger partial charge < -0.3 is 15.1 Å². The molecule has 0 saturated carbocycles. The fraction of sp³-hybridized carbons (Fsp3) is 0.533. The average molecular weight is 274 g/mol. The first-order valence-electron chi connectivity index (χ1n) is 7.12. The summed E-state index contributed by atoms with van der Waals surface area (Å²) >= 11 is 0. The number of hydrogen-bond acceptors (Lipinski definition) is 5. The molecule has 20 heavy (non-hydrogen) atoms. The molecule has 5 heteroatoms. The van der Waals surface area contributed by atoms with Gasteiger partial charge in [0, 0.05) is 24.8 Å². The lowest BCUT2D eigenvalue weighted by atomic mass is 10.1.